The van der Waals surface area contributed by atoms with Crippen LogP contribution in [0.5, 0.6) is 0 Å². The SMILES string of the molecule is C=C(C)C(=O)OC(C)(C)OC(=O)OOOC(C)(C)CCC. The van der Waals surface area contributed by atoms with Crippen molar-refractivity contribution in [3.63, 3.8) is 0 Å². The van der Waals surface area contributed by atoms with Crippen LogP contribution in [0.2, 0.25) is 0 Å². The summed E-state index contributed by atoms with van der Waals surface area (Å²) in [5, 5.41) is 4.38. The lowest BCUT2D eigenvalue weighted by Crippen LogP contribution is -2.34. The second-order valence-electron chi connectivity index (χ2n) is 5.67. The number of ether oxygens (including phenoxy) is 2. The summed E-state index contributed by atoms with van der Waals surface area (Å²) >= 11 is 0. The topological polar surface area (TPSA) is 80.3 Å². The molecule has 0 spiro atoms. The molecule has 0 N–H and O–H groups in total. The standard InChI is InChI=1S/C14H24O7/c1-8-9-13(4,5)20-21-19-12(16)18-14(6,7)17-11(15)10(2)3/h2,8-9H2,1,3-7H3. The van der Waals surface area contributed by atoms with Crippen molar-refractivity contribution >= 4 is 12.1 Å². The van der Waals surface area contributed by atoms with Gasteiger partial charge in [-0.3, -0.25) is 0 Å². The molecule has 0 atom stereocenters. The molecular formula is C14H24O7. The number of hydrogen-bond acceptors (Lipinski definition) is 7. The molecule has 122 valence electrons. The van der Waals surface area contributed by atoms with E-state index in [0.29, 0.717) is 6.42 Å². The summed E-state index contributed by atoms with van der Waals surface area (Å²) in [5.41, 5.74) is -0.419. The molecular weight excluding hydrogens is 280 g/mol. The van der Waals surface area contributed by atoms with E-state index in [1.165, 1.54) is 20.8 Å². The van der Waals surface area contributed by atoms with Gasteiger partial charge < -0.3 is 9.47 Å². The second-order valence-corrected chi connectivity index (χ2v) is 5.67. The van der Waals surface area contributed by atoms with E-state index >= 15 is 0 Å². The quantitative estimate of drug-likeness (QED) is 0.223. The molecule has 0 fully saturated rings. The molecule has 0 aromatic carbocycles. The third-order valence-corrected chi connectivity index (χ3v) is 2.23. The van der Waals surface area contributed by atoms with Gasteiger partial charge in [-0.25, -0.2) is 14.5 Å². The van der Waals surface area contributed by atoms with E-state index in [1.807, 2.05) is 6.92 Å². The highest BCUT2D eigenvalue weighted by Gasteiger charge is 2.30. The molecule has 0 rings (SSSR count). The Balaban J connectivity index is 4.19. The summed E-state index contributed by atoms with van der Waals surface area (Å²) in [4.78, 5) is 32.0. The van der Waals surface area contributed by atoms with Crippen LogP contribution in [0.15, 0.2) is 12.2 Å². The van der Waals surface area contributed by atoms with Crippen LogP contribution in [-0.2, 0) is 29.1 Å². The number of carbonyl (C=O) groups excluding carboxylic acids is 2. The van der Waals surface area contributed by atoms with E-state index in [0.717, 1.165) is 6.42 Å². The average Bonchev–Trinajstić information content (AvgIpc) is 2.26. The highest BCUT2D eigenvalue weighted by Crippen LogP contribution is 2.18. The smallest absolute Gasteiger partial charge is 0.420 e. The highest BCUT2D eigenvalue weighted by atomic mass is 17.5. The van der Waals surface area contributed by atoms with Crippen LogP contribution < -0.4 is 0 Å². The minimum absolute atomic E-state index is 0.181. The van der Waals surface area contributed by atoms with E-state index in [4.69, 9.17) is 14.4 Å². The first-order chi connectivity index (χ1) is 9.49. The Morgan fingerprint density at radius 1 is 1.10 bits per heavy atom. The molecule has 0 heterocycles. The molecule has 0 aromatic rings. The largest absolute Gasteiger partial charge is 0.545 e. The third kappa shape index (κ3) is 9.04. The van der Waals surface area contributed by atoms with Crippen molar-refractivity contribution in [1.29, 1.82) is 0 Å². The maximum atomic E-state index is 11.4. The van der Waals surface area contributed by atoms with Crippen molar-refractivity contribution in [1.82, 2.24) is 0 Å². The normalized spacial score (nSPS) is 11.7. The van der Waals surface area contributed by atoms with Crippen LogP contribution in [0.1, 0.15) is 54.4 Å². The summed E-state index contributed by atoms with van der Waals surface area (Å²) in [6.07, 6.45) is 0.402. The molecule has 0 saturated carbocycles. The van der Waals surface area contributed by atoms with Crippen molar-refractivity contribution in [3.8, 4) is 0 Å². The van der Waals surface area contributed by atoms with Gasteiger partial charge in [0, 0.05) is 19.4 Å². The Morgan fingerprint density at radius 2 is 1.67 bits per heavy atom. The zero-order chi connectivity index (χ0) is 16.7. The van der Waals surface area contributed by atoms with Crippen LogP contribution in [0.25, 0.3) is 0 Å². The summed E-state index contributed by atoms with van der Waals surface area (Å²) in [7, 11) is 0. The Kier molecular flexibility index (Phi) is 7.38. The molecule has 0 radical (unpaired) electrons. The summed E-state index contributed by atoms with van der Waals surface area (Å²) < 4.78 is 9.68. The molecule has 0 aliphatic heterocycles. The van der Waals surface area contributed by atoms with Crippen LogP contribution in [-0.4, -0.2) is 23.5 Å². The Hall–Kier alpha value is -1.60. The lowest BCUT2D eigenvalue weighted by molar-refractivity contribution is -0.519. The third-order valence-electron chi connectivity index (χ3n) is 2.23. The highest BCUT2D eigenvalue weighted by molar-refractivity contribution is 5.87. The summed E-state index contributed by atoms with van der Waals surface area (Å²) in [5.74, 6) is -2.20. The Labute approximate surface area is 125 Å². The minimum Gasteiger partial charge on any atom is -0.420 e. The summed E-state index contributed by atoms with van der Waals surface area (Å²) in [6.45, 7) is 13.2. The number of carbonyl (C=O) groups is 2. The number of rotatable bonds is 8. The predicted molar refractivity (Wildman–Crippen MR) is 73.7 cm³/mol. The van der Waals surface area contributed by atoms with Crippen molar-refractivity contribution < 1.29 is 33.9 Å². The van der Waals surface area contributed by atoms with Gasteiger partial charge in [-0.1, -0.05) is 19.9 Å². The van der Waals surface area contributed by atoms with Gasteiger partial charge >= 0.3 is 12.1 Å². The average molecular weight is 304 g/mol. The van der Waals surface area contributed by atoms with E-state index in [9.17, 15) is 9.59 Å². The lowest BCUT2D eigenvalue weighted by atomic mass is 10.0. The van der Waals surface area contributed by atoms with Gasteiger partial charge in [-0.15, -0.1) is 0 Å². The fourth-order valence-electron chi connectivity index (χ4n) is 1.33. The lowest BCUT2D eigenvalue weighted by Gasteiger charge is -2.24. The molecule has 21 heavy (non-hydrogen) atoms. The van der Waals surface area contributed by atoms with Gasteiger partial charge in [0.2, 0.25) is 0 Å². The second kappa shape index (κ2) is 7.99. The van der Waals surface area contributed by atoms with Crippen LogP contribution in [0.3, 0.4) is 0 Å². The molecule has 0 aliphatic carbocycles. The Morgan fingerprint density at radius 3 is 2.14 bits per heavy atom. The fraction of sp³-hybridized carbons (Fsp3) is 0.714. The molecule has 0 aliphatic rings. The molecule has 0 unspecified atom stereocenters. The zero-order valence-corrected chi connectivity index (χ0v) is 13.5. The zero-order valence-electron chi connectivity index (χ0n) is 13.5. The van der Waals surface area contributed by atoms with Crippen molar-refractivity contribution in [2.24, 2.45) is 0 Å². The van der Waals surface area contributed by atoms with Gasteiger partial charge in [0.15, 0.2) is 0 Å². The van der Waals surface area contributed by atoms with Crippen LogP contribution >= 0.6 is 0 Å². The number of esters is 1. The molecule has 0 amide bonds. The molecule has 0 aromatic heterocycles. The van der Waals surface area contributed by atoms with Gasteiger partial charge in [0.05, 0.1) is 0 Å². The van der Waals surface area contributed by atoms with Gasteiger partial charge in [-0.2, -0.15) is 4.89 Å². The first-order valence-electron chi connectivity index (χ1n) is 6.63. The maximum Gasteiger partial charge on any atom is 0.545 e. The van der Waals surface area contributed by atoms with Crippen molar-refractivity contribution in [2.75, 3.05) is 0 Å². The monoisotopic (exact) mass is 304 g/mol. The molecule has 0 saturated heterocycles. The van der Waals surface area contributed by atoms with Crippen LogP contribution in [0, 0.1) is 0 Å². The first-order valence-corrected chi connectivity index (χ1v) is 6.63. The summed E-state index contributed by atoms with van der Waals surface area (Å²) in [6, 6.07) is 0. The predicted octanol–water partition coefficient (Wildman–Crippen LogP) is 3.44. The molecule has 7 heteroatoms. The Bertz CT molecular complexity index is 385. The van der Waals surface area contributed by atoms with E-state index < -0.39 is 23.5 Å². The molecule has 7 nitrogen and oxygen atoms in total. The van der Waals surface area contributed by atoms with Gasteiger partial charge in [0.1, 0.15) is 5.60 Å². The maximum absolute atomic E-state index is 11.4. The van der Waals surface area contributed by atoms with E-state index in [2.05, 4.69) is 16.5 Å². The first kappa shape index (κ1) is 19.4. The van der Waals surface area contributed by atoms with Gasteiger partial charge in [-0.05, 0) is 32.2 Å². The van der Waals surface area contributed by atoms with E-state index in [-0.39, 0.29) is 5.57 Å². The molecule has 0 bridgehead atoms. The van der Waals surface area contributed by atoms with Crippen molar-refractivity contribution in [2.45, 2.75) is 65.8 Å². The van der Waals surface area contributed by atoms with Crippen molar-refractivity contribution in [3.05, 3.63) is 12.2 Å². The van der Waals surface area contributed by atoms with E-state index in [1.54, 1.807) is 13.8 Å². The fourth-order valence-corrected chi connectivity index (χ4v) is 1.33. The minimum atomic E-state index is -1.52. The van der Waals surface area contributed by atoms with Crippen LogP contribution in [0.4, 0.5) is 4.79 Å². The van der Waals surface area contributed by atoms with Gasteiger partial charge in [0.25, 0.3) is 5.79 Å². The number of hydrogen-bond donors (Lipinski definition) is 0.